The molecule has 0 unspecified atom stereocenters. The summed E-state index contributed by atoms with van der Waals surface area (Å²) in [5, 5.41) is 3.04. The highest BCUT2D eigenvalue weighted by atomic mass is 16.5. The smallest absolute Gasteiger partial charge is 0.224 e. The standard InChI is InChI=1S/C17H23N3O/c1-6-14-19-15(18-5)11-16(20-14)21-13-10-8-7-9-12(13)17(2,3)4/h7-11H,6H2,1-5H3,(H,18,19,20). The Balaban J connectivity index is 2.39. The minimum atomic E-state index is 0.0169. The van der Waals surface area contributed by atoms with E-state index in [0.29, 0.717) is 5.88 Å². The molecule has 1 aromatic carbocycles. The number of ether oxygens (including phenoxy) is 1. The fourth-order valence-electron chi connectivity index (χ4n) is 2.10. The Morgan fingerprint density at radius 1 is 1.14 bits per heavy atom. The van der Waals surface area contributed by atoms with Crippen LogP contribution in [0.15, 0.2) is 30.3 Å². The normalized spacial score (nSPS) is 11.3. The molecule has 2 rings (SSSR count). The van der Waals surface area contributed by atoms with E-state index in [4.69, 9.17) is 4.74 Å². The highest BCUT2D eigenvalue weighted by molar-refractivity contribution is 5.43. The lowest BCUT2D eigenvalue weighted by Crippen LogP contribution is -2.12. The van der Waals surface area contributed by atoms with Crippen molar-refractivity contribution in [3.05, 3.63) is 41.7 Å². The number of para-hydroxylation sites is 1. The van der Waals surface area contributed by atoms with Gasteiger partial charge in [-0.05, 0) is 11.5 Å². The van der Waals surface area contributed by atoms with Gasteiger partial charge in [-0.25, -0.2) is 4.98 Å². The van der Waals surface area contributed by atoms with E-state index in [9.17, 15) is 0 Å². The monoisotopic (exact) mass is 285 g/mol. The van der Waals surface area contributed by atoms with Gasteiger partial charge in [0.2, 0.25) is 5.88 Å². The maximum Gasteiger partial charge on any atom is 0.224 e. The Morgan fingerprint density at radius 3 is 2.48 bits per heavy atom. The van der Waals surface area contributed by atoms with Crippen molar-refractivity contribution in [1.82, 2.24) is 9.97 Å². The molecule has 0 spiro atoms. The SMILES string of the molecule is CCc1nc(NC)cc(Oc2ccccc2C(C)(C)C)n1. The molecule has 4 nitrogen and oxygen atoms in total. The van der Waals surface area contributed by atoms with E-state index < -0.39 is 0 Å². The van der Waals surface area contributed by atoms with E-state index in [-0.39, 0.29) is 5.41 Å². The Hall–Kier alpha value is -2.10. The molecule has 0 aliphatic rings. The van der Waals surface area contributed by atoms with E-state index in [1.807, 2.05) is 38.2 Å². The lowest BCUT2D eigenvalue weighted by atomic mass is 9.86. The van der Waals surface area contributed by atoms with Gasteiger partial charge in [0.1, 0.15) is 17.4 Å². The Labute approximate surface area is 126 Å². The van der Waals surface area contributed by atoms with Crippen molar-refractivity contribution in [1.29, 1.82) is 0 Å². The molecule has 112 valence electrons. The van der Waals surface area contributed by atoms with Crippen molar-refractivity contribution in [2.75, 3.05) is 12.4 Å². The number of aromatic nitrogens is 2. The molecule has 0 atom stereocenters. The van der Waals surface area contributed by atoms with Gasteiger partial charge in [-0.2, -0.15) is 4.98 Å². The average molecular weight is 285 g/mol. The maximum atomic E-state index is 6.03. The third kappa shape index (κ3) is 3.72. The first-order valence-electron chi connectivity index (χ1n) is 7.27. The second-order valence-corrected chi connectivity index (χ2v) is 5.96. The summed E-state index contributed by atoms with van der Waals surface area (Å²) >= 11 is 0. The first-order chi connectivity index (χ1) is 9.94. The van der Waals surface area contributed by atoms with E-state index >= 15 is 0 Å². The molecule has 0 amide bonds. The van der Waals surface area contributed by atoms with Gasteiger partial charge in [-0.1, -0.05) is 45.9 Å². The van der Waals surface area contributed by atoms with E-state index in [2.05, 4.69) is 42.1 Å². The second kappa shape index (κ2) is 6.12. The van der Waals surface area contributed by atoms with Crippen LogP contribution in [0.4, 0.5) is 5.82 Å². The van der Waals surface area contributed by atoms with Crippen LogP contribution in [0.1, 0.15) is 39.1 Å². The number of aryl methyl sites for hydroxylation is 1. The van der Waals surface area contributed by atoms with Crippen LogP contribution in [0.5, 0.6) is 11.6 Å². The number of hydrogen-bond donors (Lipinski definition) is 1. The molecule has 1 N–H and O–H groups in total. The summed E-state index contributed by atoms with van der Waals surface area (Å²) in [6, 6.07) is 9.90. The van der Waals surface area contributed by atoms with Crippen LogP contribution in [0.2, 0.25) is 0 Å². The minimum Gasteiger partial charge on any atom is -0.439 e. The third-order valence-corrected chi connectivity index (χ3v) is 3.23. The summed E-state index contributed by atoms with van der Waals surface area (Å²) in [4.78, 5) is 8.83. The number of hydrogen-bond acceptors (Lipinski definition) is 4. The number of rotatable bonds is 4. The largest absolute Gasteiger partial charge is 0.439 e. The fourth-order valence-corrected chi connectivity index (χ4v) is 2.10. The number of anilines is 1. The molecule has 0 bridgehead atoms. The van der Waals surface area contributed by atoms with Gasteiger partial charge in [0.25, 0.3) is 0 Å². The van der Waals surface area contributed by atoms with Crippen molar-refractivity contribution in [3.63, 3.8) is 0 Å². The zero-order chi connectivity index (χ0) is 15.5. The van der Waals surface area contributed by atoms with Gasteiger partial charge < -0.3 is 10.1 Å². The van der Waals surface area contributed by atoms with Crippen molar-refractivity contribution in [2.24, 2.45) is 0 Å². The molecule has 0 saturated heterocycles. The molecular formula is C17H23N3O. The maximum absolute atomic E-state index is 6.03. The third-order valence-electron chi connectivity index (χ3n) is 3.23. The summed E-state index contributed by atoms with van der Waals surface area (Å²) in [5.74, 6) is 2.95. The van der Waals surface area contributed by atoms with Crippen molar-refractivity contribution >= 4 is 5.82 Å². The van der Waals surface area contributed by atoms with E-state index in [0.717, 1.165) is 29.4 Å². The van der Waals surface area contributed by atoms with Gasteiger partial charge in [0.05, 0.1) is 0 Å². The topological polar surface area (TPSA) is 47.0 Å². The van der Waals surface area contributed by atoms with Crippen LogP contribution >= 0.6 is 0 Å². The second-order valence-electron chi connectivity index (χ2n) is 5.96. The van der Waals surface area contributed by atoms with Crippen LogP contribution in [-0.4, -0.2) is 17.0 Å². The average Bonchev–Trinajstić information content (AvgIpc) is 2.46. The number of nitrogens with zero attached hydrogens (tertiary/aromatic N) is 2. The predicted octanol–water partition coefficient (Wildman–Crippen LogP) is 4.17. The number of nitrogens with one attached hydrogen (secondary N) is 1. The van der Waals surface area contributed by atoms with Gasteiger partial charge >= 0.3 is 0 Å². The molecule has 1 heterocycles. The highest BCUT2D eigenvalue weighted by Crippen LogP contribution is 2.33. The molecule has 0 fully saturated rings. The van der Waals surface area contributed by atoms with Gasteiger partial charge in [-0.3, -0.25) is 0 Å². The van der Waals surface area contributed by atoms with Crippen LogP contribution in [0, 0.1) is 0 Å². The summed E-state index contributed by atoms with van der Waals surface area (Å²) in [6.45, 7) is 8.55. The Kier molecular flexibility index (Phi) is 4.46. The van der Waals surface area contributed by atoms with Crippen LogP contribution < -0.4 is 10.1 Å². The summed E-state index contributed by atoms with van der Waals surface area (Å²) < 4.78 is 6.03. The summed E-state index contributed by atoms with van der Waals surface area (Å²) in [5.41, 5.74) is 1.18. The molecule has 1 aromatic heterocycles. The van der Waals surface area contributed by atoms with Crippen molar-refractivity contribution < 1.29 is 4.74 Å². The molecule has 0 aliphatic heterocycles. The summed E-state index contributed by atoms with van der Waals surface area (Å²) in [6.07, 6.45) is 0.771. The first-order valence-corrected chi connectivity index (χ1v) is 7.27. The molecule has 0 radical (unpaired) electrons. The zero-order valence-corrected chi connectivity index (χ0v) is 13.4. The van der Waals surface area contributed by atoms with Crippen LogP contribution in [0.25, 0.3) is 0 Å². The minimum absolute atomic E-state index is 0.0169. The molecule has 4 heteroatoms. The van der Waals surface area contributed by atoms with Gasteiger partial charge in [0.15, 0.2) is 0 Å². The molecule has 0 saturated carbocycles. The van der Waals surface area contributed by atoms with Crippen molar-refractivity contribution in [3.8, 4) is 11.6 Å². The molecular weight excluding hydrogens is 262 g/mol. The number of benzene rings is 1. The lowest BCUT2D eigenvalue weighted by molar-refractivity contribution is 0.437. The van der Waals surface area contributed by atoms with E-state index in [1.54, 1.807) is 0 Å². The molecule has 0 aliphatic carbocycles. The Bertz CT molecular complexity index is 595. The highest BCUT2D eigenvalue weighted by Gasteiger charge is 2.19. The van der Waals surface area contributed by atoms with Crippen molar-refractivity contribution in [2.45, 2.75) is 39.5 Å². The quantitative estimate of drug-likeness (QED) is 0.915. The molecule has 21 heavy (non-hydrogen) atoms. The van der Waals surface area contributed by atoms with E-state index in [1.165, 1.54) is 0 Å². The summed E-state index contributed by atoms with van der Waals surface area (Å²) in [7, 11) is 1.84. The van der Waals surface area contributed by atoms with Gasteiger partial charge in [-0.15, -0.1) is 0 Å². The van der Waals surface area contributed by atoms with Gasteiger partial charge in [0, 0.05) is 25.1 Å². The zero-order valence-electron chi connectivity index (χ0n) is 13.4. The first kappa shape index (κ1) is 15.3. The Morgan fingerprint density at radius 2 is 1.86 bits per heavy atom. The van der Waals surface area contributed by atoms with Crippen LogP contribution in [0.3, 0.4) is 0 Å². The predicted molar refractivity (Wildman–Crippen MR) is 86.2 cm³/mol. The molecule has 2 aromatic rings. The lowest BCUT2D eigenvalue weighted by Gasteiger charge is -2.22. The fraction of sp³-hybridized carbons (Fsp3) is 0.412. The van der Waals surface area contributed by atoms with Crippen LogP contribution in [-0.2, 0) is 11.8 Å².